The zero-order valence-electron chi connectivity index (χ0n) is 9.74. The summed E-state index contributed by atoms with van der Waals surface area (Å²) in [4.78, 5) is 0. The van der Waals surface area contributed by atoms with E-state index < -0.39 is 0 Å². The molecule has 0 spiro atoms. The Labute approximate surface area is 96.5 Å². The van der Waals surface area contributed by atoms with E-state index in [9.17, 15) is 0 Å². The summed E-state index contributed by atoms with van der Waals surface area (Å²) in [6.07, 6.45) is 1.99. The van der Waals surface area contributed by atoms with Gasteiger partial charge in [-0.2, -0.15) is 0 Å². The summed E-state index contributed by atoms with van der Waals surface area (Å²) in [6, 6.07) is 6.39. The molecule has 3 heteroatoms. The quantitative estimate of drug-likeness (QED) is 0.841. The monoisotopic (exact) mass is 221 g/mol. The van der Waals surface area contributed by atoms with Crippen molar-refractivity contribution in [2.45, 2.75) is 18.8 Å². The third-order valence-electron chi connectivity index (χ3n) is 3.12. The number of methoxy groups -OCH3 is 1. The van der Waals surface area contributed by atoms with Gasteiger partial charge in [0.1, 0.15) is 5.75 Å². The van der Waals surface area contributed by atoms with Crippen molar-refractivity contribution in [1.82, 2.24) is 0 Å². The Morgan fingerprint density at radius 2 is 2.38 bits per heavy atom. The Morgan fingerprint density at radius 1 is 1.50 bits per heavy atom. The summed E-state index contributed by atoms with van der Waals surface area (Å²) in [6.45, 7) is 2.37. The van der Waals surface area contributed by atoms with Crippen molar-refractivity contribution < 1.29 is 9.47 Å². The molecule has 1 atom stereocenters. The fourth-order valence-electron chi connectivity index (χ4n) is 2.20. The molecule has 1 aliphatic heterocycles. The van der Waals surface area contributed by atoms with Gasteiger partial charge in [0.25, 0.3) is 0 Å². The minimum Gasteiger partial charge on any atom is -0.496 e. The molecule has 1 aromatic rings. The molecule has 1 saturated heterocycles. The summed E-state index contributed by atoms with van der Waals surface area (Å²) in [7, 11) is 1.70. The highest BCUT2D eigenvalue weighted by molar-refractivity contribution is 5.39. The van der Waals surface area contributed by atoms with Crippen LogP contribution in [0.1, 0.15) is 23.5 Å². The topological polar surface area (TPSA) is 44.5 Å². The molecule has 1 heterocycles. The lowest BCUT2D eigenvalue weighted by Crippen LogP contribution is -2.06. The molecule has 0 amide bonds. The van der Waals surface area contributed by atoms with Gasteiger partial charge in [-0.05, 0) is 36.6 Å². The van der Waals surface area contributed by atoms with Gasteiger partial charge in [0.2, 0.25) is 0 Å². The summed E-state index contributed by atoms with van der Waals surface area (Å²) >= 11 is 0. The number of hydrogen-bond acceptors (Lipinski definition) is 3. The van der Waals surface area contributed by atoms with E-state index in [1.807, 2.05) is 6.07 Å². The zero-order valence-corrected chi connectivity index (χ0v) is 9.74. The van der Waals surface area contributed by atoms with Crippen molar-refractivity contribution in [3.8, 4) is 5.75 Å². The van der Waals surface area contributed by atoms with Crippen LogP contribution in [0.2, 0.25) is 0 Å². The second-order valence-corrected chi connectivity index (χ2v) is 4.17. The molecule has 1 aliphatic rings. The van der Waals surface area contributed by atoms with Gasteiger partial charge in [-0.15, -0.1) is 0 Å². The molecule has 0 aliphatic carbocycles. The van der Waals surface area contributed by atoms with E-state index in [0.29, 0.717) is 12.5 Å². The van der Waals surface area contributed by atoms with Crippen LogP contribution in [0.3, 0.4) is 0 Å². The SMILES string of the molecule is COc1ccc(C2CCOC2)cc1CCN. The van der Waals surface area contributed by atoms with Crippen LogP contribution in [0.15, 0.2) is 18.2 Å². The molecule has 0 bridgehead atoms. The van der Waals surface area contributed by atoms with Gasteiger partial charge in [0, 0.05) is 12.5 Å². The number of nitrogens with two attached hydrogens (primary N) is 1. The van der Waals surface area contributed by atoms with E-state index in [4.69, 9.17) is 15.2 Å². The molecule has 88 valence electrons. The standard InChI is InChI=1S/C13H19NO2/c1-15-13-3-2-10(8-11(13)4-6-14)12-5-7-16-9-12/h2-3,8,12H,4-7,9,14H2,1H3. The van der Waals surface area contributed by atoms with Crippen molar-refractivity contribution in [1.29, 1.82) is 0 Å². The second-order valence-electron chi connectivity index (χ2n) is 4.17. The van der Waals surface area contributed by atoms with E-state index in [2.05, 4.69) is 12.1 Å². The first-order valence-electron chi connectivity index (χ1n) is 5.79. The van der Waals surface area contributed by atoms with Crippen LogP contribution < -0.4 is 10.5 Å². The van der Waals surface area contributed by atoms with Crippen LogP contribution in [-0.2, 0) is 11.2 Å². The summed E-state index contributed by atoms with van der Waals surface area (Å²) < 4.78 is 10.7. The van der Waals surface area contributed by atoms with Crippen LogP contribution in [0.25, 0.3) is 0 Å². The minimum atomic E-state index is 0.544. The van der Waals surface area contributed by atoms with Crippen molar-refractivity contribution in [3.05, 3.63) is 29.3 Å². The van der Waals surface area contributed by atoms with Gasteiger partial charge in [0.15, 0.2) is 0 Å². The lowest BCUT2D eigenvalue weighted by molar-refractivity contribution is 0.194. The molecule has 0 radical (unpaired) electrons. The van der Waals surface area contributed by atoms with Gasteiger partial charge >= 0.3 is 0 Å². The Morgan fingerprint density at radius 3 is 3.00 bits per heavy atom. The molecular weight excluding hydrogens is 202 g/mol. The first-order valence-corrected chi connectivity index (χ1v) is 5.79. The van der Waals surface area contributed by atoms with Gasteiger partial charge in [-0.1, -0.05) is 12.1 Å². The lowest BCUT2D eigenvalue weighted by Gasteiger charge is -2.13. The highest BCUT2D eigenvalue weighted by Crippen LogP contribution is 2.29. The number of benzene rings is 1. The third-order valence-corrected chi connectivity index (χ3v) is 3.12. The molecule has 0 saturated carbocycles. The summed E-state index contributed by atoms with van der Waals surface area (Å²) in [5.74, 6) is 1.48. The molecule has 1 unspecified atom stereocenters. The fraction of sp³-hybridized carbons (Fsp3) is 0.538. The Balaban J connectivity index is 2.23. The van der Waals surface area contributed by atoms with Gasteiger partial charge in [-0.25, -0.2) is 0 Å². The third kappa shape index (κ3) is 2.36. The number of hydrogen-bond donors (Lipinski definition) is 1. The highest BCUT2D eigenvalue weighted by atomic mass is 16.5. The normalized spacial score (nSPS) is 20.0. The highest BCUT2D eigenvalue weighted by Gasteiger charge is 2.18. The Kier molecular flexibility index (Phi) is 3.80. The predicted octanol–water partition coefficient (Wildman–Crippen LogP) is 1.70. The first kappa shape index (κ1) is 11.4. The zero-order chi connectivity index (χ0) is 11.4. The average molecular weight is 221 g/mol. The van der Waals surface area contributed by atoms with Gasteiger partial charge < -0.3 is 15.2 Å². The van der Waals surface area contributed by atoms with Crippen molar-refractivity contribution >= 4 is 0 Å². The fourth-order valence-corrected chi connectivity index (χ4v) is 2.20. The second kappa shape index (κ2) is 5.32. The summed E-state index contributed by atoms with van der Waals surface area (Å²) in [5.41, 5.74) is 8.16. The van der Waals surface area contributed by atoms with Crippen LogP contribution in [0, 0.1) is 0 Å². The van der Waals surface area contributed by atoms with Crippen LogP contribution >= 0.6 is 0 Å². The van der Waals surface area contributed by atoms with E-state index in [1.54, 1.807) is 7.11 Å². The molecule has 3 nitrogen and oxygen atoms in total. The van der Waals surface area contributed by atoms with Crippen molar-refractivity contribution in [3.63, 3.8) is 0 Å². The van der Waals surface area contributed by atoms with E-state index in [-0.39, 0.29) is 0 Å². The average Bonchev–Trinajstić information content (AvgIpc) is 2.83. The van der Waals surface area contributed by atoms with Crippen LogP contribution in [0.5, 0.6) is 5.75 Å². The molecule has 0 aromatic heterocycles. The maximum atomic E-state index is 5.61. The molecule has 16 heavy (non-hydrogen) atoms. The maximum absolute atomic E-state index is 5.61. The van der Waals surface area contributed by atoms with Crippen LogP contribution in [-0.4, -0.2) is 26.9 Å². The number of rotatable bonds is 4. The van der Waals surface area contributed by atoms with Gasteiger partial charge in [0.05, 0.1) is 13.7 Å². The maximum Gasteiger partial charge on any atom is 0.122 e. The molecule has 1 aromatic carbocycles. The van der Waals surface area contributed by atoms with Gasteiger partial charge in [-0.3, -0.25) is 0 Å². The minimum absolute atomic E-state index is 0.544. The Hall–Kier alpha value is -1.06. The lowest BCUT2D eigenvalue weighted by atomic mass is 9.95. The van der Waals surface area contributed by atoms with E-state index >= 15 is 0 Å². The van der Waals surface area contributed by atoms with Crippen molar-refractivity contribution in [2.24, 2.45) is 5.73 Å². The molecule has 2 N–H and O–H groups in total. The predicted molar refractivity (Wildman–Crippen MR) is 63.9 cm³/mol. The summed E-state index contributed by atoms with van der Waals surface area (Å²) in [5, 5.41) is 0. The number of ether oxygens (including phenoxy) is 2. The van der Waals surface area contributed by atoms with Crippen molar-refractivity contribution in [2.75, 3.05) is 26.9 Å². The van der Waals surface area contributed by atoms with Crippen LogP contribution in [0.4, 0.5) is 0 Å². The molecule has 2 rings (SSSR count). The Bertz CT molecular complexity index is 346. The largest absolute Gasteiger partial charge is 0.496 e. The molecule has 1 fully saturated rings. The smallest absolute Gasteiger partial charge is 0.122 e. The molecular formula is C13H19NO2. The first-order chi connectivity index (χ1) is 7.85. The van der Waals surface area contributed by atoms with E-state index in [1.165, 1.54) is 11.1 Å². The van der Waals surface area contributed by atoms with E-state index in [0.717, 1.165) is 31.8 Å².